The number of rotatable bonds is 0. The van der Waals surface area contributed by atoms with E-state index in [1.165, 1.54) is 0 Å². The molecule has 9 heavy (non-hydrogen) atoms. The van der Waals surface area contributed by atoms with Gasteiger partial charge in [-0.25, -0.2) is 0 Å². The molecular weight excluding hydrogens is 305 g/mol. The Balaban J connectivity index is -0.0000000800. The first kappa shape index (κ1) is 16.8. The Hall–Kier alpha value is 1.45. The van der Waals surface area contributed by atoms with Crippen molar-refractivity contribution in [1.29, 1.82) is 0 Å². The predicted octanol–water partition coefficient (Wildman–Crippen LogP) is -0.425. The van der Waals surface area contributed by atoms with Gasteiger partial charge in [-0.2, -0.15) is 0 Å². The van der Waals surface area contributed by atoms with Crippen LogP contribution in [-0.2, 0) is 29.9 Å². The summed E-state index contributed by atoms with van der Waals surface area (Å²) in [6, 6.07) is 0. The van der Waals surface area contributed by atoms with Crippen molar-refractivity contribution >= 4 is 43.2 Å². The molecule has 0 aliphatic rings. The van der Waals surface area contributed by atoms with Crippen LogP contribution in [0.3, 0.4) is 0 Å². The van der Waals surface area contributed by atoms with Crippen molar-refractivity contribution in [2.75, 3.05) is 0 Å². The zero-order valence-electron chi connectivity index (χ0n) is 3.97. The second-order valence-electron chi connectivity index (χ2n) is 0.476. The van der Waals surface area contributed by atoms with E-state index in [0.29, 0.717) is 0 Å². The minimum absolute atomic E-state index is 0. The first-order chi connectivity index (χ1) is 3.41. The molecule has 0 aromatic carbocycles. The Bertz CT molecular complexity index is 156. The van der Waals surface area contributed by atoms with Crippen molar-refractivity contribution in [2.24, 2.45) is 0 Å². The minimum atomic E-state index is -5.17. The first-order valence-corrected chi connectivity index (χ1v) is 7.20. The monoisotopic (exact) mass is 304 g/mol. The Kier molecular flexibility index (Phi) is 17.7. The van der Waals surface area contributed by atoms with Crippen molar-refractivity contribution in [3.8, 4) is 0 Å². The summed E-state index contributed by atoms with van der Waals surface area (Å²) in [5, 5.41) is 0. The van der Waals surface area contributed by atoms with Gasteiger partial charge in [-0.05, 0) is 0 Å². The molecule has 4 nitrogen and oxygen atoms in total. The molecular formula is O4S3SeZn. The van der Waals surface area contributed by atoms with Gasteiger partial charge in [0.2, 0.25) is 0 Å². The molecule has 0 aromatic heterocycles. The third kappa shape index (κ3) is 249. The molecule has 0 aliphatic carbocycles. The van der Waals surface area contributed by atoms with E-state index in [1.807, 2.05) is 0 Å². The summed E-state index contributed by atoms with van der Waals surface area (Å²) in [7, 11) is 3.38. The van der Waals surface area contributed by atoms with E-state index in [9.17, 15) is 0 Å². The molecule has 0 saturated heterocycles. The first-order valence-electron chi connectivity index (χ1n) is 1.00. The maximum absolute atomic E-state index is 8.52. The van der Waals surface area contributed by atoms with Crippen LogP contribution in [0.2, 0.25) is 0 Å². The van der Waals surface area contributed by atoms with Gasteiger partial charge in [0, 0.05) is 10.4 Å². The standard InChI is InChI=1S/H2O4S.S2Se.Zn/c1-5(2,3)4;1-3-2;/h(H2,1,2,3,4);;/q;;+2/p-2. The van der Waals surface area contributed by atoms with E-state index in [2.05, 4.69) is 21.1 Å². The van der Waals surface area contributed by atoms with Crippen LogP contribution in [0.4, 0.5) is 0 Å². The number of hydrogen-bond donors (Lipinski definition) is 0. The second kappa shape index (κ2) is 9.45. The average molecular weight is 305 g/mol. The van der Waals surface area contributed by atoms with Crippen molar-refractivity contribution in [1.82, 2.24) is 0 Å². The van der Waals surface area contributed by atoms with Gasteiger partial charge in [-0.15, -0.1) is 0 Å². The summed E-state index contributed by atoms with van der Waals surface area (Å²) < 4.78 is 34.1. The summed E-state index contributed by atoms with van der Waals surface area (Å²) in [5.41, 5.74) is 0. The zero-order valence-corrected chi connectivity index (χ0v) is 11.1. The van der Waals surface area contributed by atoms with E-state index in [0.717, 1.165) is 0 Å². The molecule has 0 saturated carbocycles. The Morgan fingerprint density at radius 2 is 1.22 bits per heavy atom. The fourth-order valence-electron chi connectivity index (χ4n) is 0. The van der Waals surface area contributed by atoms with Crippen LogP contribution in [0.15, 0.2) is 0 Å². The molecule has 9 heteroatoms. The van der Waals surface area contributed by atoms with E-state index in [1.54, 1.807) is 0 Å². The van der Waals surface area contributed by atoms with Crippen LogP contribution in [0, 0.1) is 0 Å². The van der Waals surface area contributed by atoms with Crippen molar-refractivity contribution in [2.45, 2.75) is 0 Å². The average Bonchev–Trinajstić information content (AvgIpc) is 1.27. The van der Waals surface area contributed by atoms with E-state index >= 15 is 0 Å². The van der Waals surface area contributed by atoms with Gasteiger partial charge in [0.1, 0.15) is 0 Å². The maximum atomic E-state index is 8.52. The quantitative estimate of drug-likeness (QED) is 0.343. The topological polar surface area (TPSA) is 80.3 Å². The molecule has 0 fully saturated rings. The largest absolute Gasteiger partial charge is 2.00 e. The zero-order chi connectivity index (χ0) is 7.21. The fourth-order valence-corrected chi connectivity index (χ4v) is 0. The smallest absolute Gasteiger partial charge is 2.00 e. The van der Waals surface area contributed by atoms with E-state index in [4.69, 9.17) is 17.5 Å². The SMILES string of the molecule is O=S(=O)([O-])[O-].S=[Se]=S.[Zn+2]. The van der Waals surface area contributed by atoms with Crippen LogP contribution in [-0.4, -0.2) is 29.2 Å². The van der Waals surface area contributed by atoms with E-state index < -0.39 is 10.4 Å². The molecule has 0 rings (SSSR count). The molecule has 0 heterocycles. The van der Waals surface area contributed by atoms with Crippen LogP contribution in [0.25, 0.3) is 0 Å². The van der Waals surface area contributed by atoms with Crippen molar-refractivity contribution < 1.29 is 37.0 Å². The van der Waals surface area contributed by atoms with Gasteiger partial charge in [0.25, 0.3) is 0 Å². The summed E-state index contributed by atoms with van der Waals surface area (Å²) in [5.74, 6) is 0. The summed E-state index contributed by atoms with van der Waals surface area (Å²) >= 11 is 0.0417. The van der Waals surface area contributed by atoms with Crippen molar-refractivity contribution in [3.05, 3.63) is 0 Å². The van der Waals surface area contributed by atoms with Crippen LogP contribution in [0.5, 0.6) is 0 Å². The summed E-state index contributed by atoms with van der Waals surface area (Å²) in [6.45, 7) is 0. The maximum Gasteiger partial charge on any atom is 2.00 e. The second-order valence-corrected chi connectivity index (χ2v) is 4.41. The molecule has 0 atom stereocenters. The van der Waals surface area contributed by atoms with Gasteiger partial charge in [-0.1, -0.05) is 0 Å². The molecule has 0 N–H and O–H groups in total. The summed E-state index contributed by atoms with van der Waals surface area (Å²) in [4.78, 5) is 0. The van der Waals surface area contributed by atoms with Gasteiger partial charge in [0.05, 0.1) is 0 Å². The molecule has 50 valence electrons. The van der Waals surface area contributed by atoms with Gasteiger partial charge < -0.3 is 9.11 Å². The Morgan fingerprint density at radius 3 is 1.22 bits per heavy atom. The van der Waals surface area contributed by atoms with Gasteiger partial charge >= 0.3 is 52.3 Å². The van der Waals surface area contributed by atoms with Crippen LogP contribution < -0.4 is 0 Å². The number of hydrogen-bond acceptors (Lipinski definition) is 6. The third-order valence-corrected chi connectivity index (χ3v) is 0. The molecule has 0 unspecified atom stereocenters. The molecule has 0 radical (unpaired) electrons. The fraction of sp³-hybridized carbons (Fsp3) is 0. The van der Waals surface area contributed by atoms with E-state index in [-0.39, 0.29) is 31.2 Å². The molecule has 0 aromatic rings. The Morgan fingerprint density at radius 1 is 1.22 bits per heavy atom. The molecule has 0 spiro atoms. The van der Waals surface area contributed by atoms with Crippen LogP contribution in [0.1, 0.15) is 0 Å². The van der Waals surface area contributed by atoms with Gasteiger partial charge in [0.15, 0.2) is 0 Å². The third-order valence-electron chi connectivity index (χ3n) is 0. The predicted molar refractivity (Wildman–Crippen MR) is 31.4 cm³/mol. The molecule has 0 amide bonds. The Labute approximate surface area is 79.6 Å². The van der Waals surface area contributed by atoms with Gasteiger partial charge in [-0.3, -0.25) is 8.42 Å². The minimum Gasteiger partial charge on any atom is 2.00 e. The van der Waals surface area contributed by atoms with Crippen molar-refractivity contribution in [3.63, 3.8) is 0 Å². The van der Waals surface area contributed by atoms with Crippen LogP contribution >= 0.6 is 21.1 Å². The normalized spacial score (nSPS) is 7.78. The molecule has 0 aliphatic heterocycles. The summed E-state index contributed by atoms with van der Waals surface area (Å²) in [6.07, 6.45) is 0. The molecule has 0 bridgehead atoms.